The fraction of sp³-hybridized carbons (Fsp3) is 0.238. The molecule has 32 heavy (non-hydrogen) atoms. The molecule has 1 aromatic carbocycles. The first-order valence-corrected chi connectivity index (χ1v) is 10.1. The molecule has 11 nitrogen and oxygen atoms in total. The Bertz CT molecular complexity index is 1430. The molecule has 1 fully saturated rings. The van der Waals surface area contributed by atoms with E-state index < -0.39 is 17.2 Å². The van der Waals surface area contributed by atoms with Gasteiger partial charge in [-0.05, 0) is 31.2 Å². The molecule has 5 rings (SSSR count). The summed E-state index contributed by atoms with van der Waals surface area (Å²) in [7, 11) is 1.66. The van der Waals surface area contributed by atoms with Crippen LogP contribution in [0.3, 0.4) is 0 Å². The molecule has 3 aromatic heterocycles. The van der Waals surface area contributed by atoms with Crippen LogP contribution in [0.2, 0.25) is 0 Å². The summed E-state index contributed by atoms with van der Waals surface area (Å²) in [6.07, 6.45) is 1.18. The molecule has 0 aliphatic carbocycles. The van der Waals surface area contributed by atoms with Crippen molar-refractivity contribution < 1.29 is 4.79 Å². The van der Waals surface area contributed by atoms with Gasteiger partial charge in [-0.15, -0.1) is 15.3 Å². The number of nitrogens with zero attached hydrogens (tertiary/aromatic N) is 7. The molecule has 1 saturated heterocycles. The molecule has 0 saturated carbocycles. The van der Waals surface area contributed by atoms with E-state index in [1.54, 1.807) is 41.9 Å². The lowest BCUT2D eigenvalue weighted by Gasteiger charge is -2.44. The molecule has 11 heteroatoms. The molecular weight excluding hydrogens is 412 g/mol. The van der Waals surface area contributed by atoms with E-state index in [1.807, 2.05) is 24.0 Å². The van der Waals surface area contributed by atoms with Gasteiger partial charge in [0.1, 0.15) is 11.4 Å². The predicted octanol–water partition coefficient (Wildman–Crippen LogP) is 0.233. The van der Waals surface area contributed by atoms with E-state index in [2.05, 4.69) is 20.3 Å². The van der Waals surface area contributed by atoms with Crippen LogP contribution in [0.1, 0.15) is 16.2 Å². The van der Waals surface area contributed by atoms with Crippen molar-refractivity contribution in [3.8, 4) is 5.69 Å². The molecule has 0 radical (unpaired) electrons. The summed E-state index contributed by atoms with van der Waals surface area (Å²) in [5.41, 5.74) is -0.266. The minimum Gasteiger partial charge on any atom is -0.351 e. The third kappa shape index (κ3) is 3.14. The molecule has 1 aliphatic rings. The number of rotatable bonds is 4. The first kappa shape index (κ1) is 19.7. The summed E-state index contributed by atoms with van der Waals surface area (Å²) < 4.78 is 2.64. The van der Waals surface area contributed by atoms with E-state index in [0.29, 0.717) is 30.2 Å². The Kier molecular flexibility index (Phi) is 4.58. The average Bonchev–Trinajstić information content (AvgIpc) is 3.13. The van der Waals surface area contributed by atoms with Gasteiger partial charge in [-0.2, -0.15) is 4.52 Å². The predicted molar refractivity (Wildman–Crippen MR) is 116 cm³/mol. The van der Waals surface area contributed by atoms with Crippen LogP contribution >= 0.6 is 0 Å². The number of aromatic nitrogens is 6. The largest absolute Gasteiger partial charge is 0.351 e. The Labute approximate surface area is 181 Å². The zero-order valence-electron chi connectivity index (χ0n) is 17.5. The van der Waals surface area contributed by atoms with Gasteiger partial charge in [0, 0.05) is 26.3 Å². The van der Waals surface area contributed by atoms with Crippen LogP contribution in [0.25, 0.3) is 11.3 Å². The maximum atomic E-state index is 13.1. The minimum absolute atomic E-state index is 0.0888. The van der Waals surface area contributed by atoms with E-state index in [-0.39, 0.29) is 11.6 Å². The number of carbonyl (C=O) groups is 1. The highest BCUT2D eigenvalue weighted by Crippen LogP contribution is 2.22. The summed E-state index contributed by atoms with van der Waals surface area (Å²) >= 11 is 0. The van der Waals surface area contributed by atoms with Crippen molar-refractivity contribution in [1.29, 1.82) is 0 Å². The Morgan fingerprint density at radius 2 is 1.84 bits per heavy atom. The highest BCUT2D eigenvalue weighted by Gasteiger charge is 2.35. The number of likely N-dealkylation sites (N-methyl/N-ethyl adjacent to an activating group) is 1. The molecule has 1 aliphatic heterocycles. The number of hydrogen-bond donors (Lipinski definition) is 1. The van der Waals surface area contributed by atoms with Crippen molar-refractivity contribution in [3.05, 3.63) is 80.9 Å². The Hall–Kier alpha value is -4.28. The van der Waals surface area contributed by atoms with Gasteiger partial charge in [0.2, 0.25) is 0 Å². The van der Waals surface area contributed by atoms with E-state index in [9.17, 15) is 14.4 Å². The summed E-state index contributed by atoms with van der Waals surface area (Å²) in [6, 6.07) is 12.1. The van der Waals surface area contributed by atoms with E-state index in [4.69, 9.17) is 0 Å². The van der Waals surface area contributed by atoms with Gasteiger partial charge in [0.15, 0.2) is 11.5 Å². The number of aromatic amines is 1. The van der Waals surface area contributed by atoms with Crippen molar-refractivity contribution in [3.63, 3.8) is 0 Å². The Balaban J connectivity index is 1.35. The lowest BCUT2D eigenvalue weighted by molar-refractivity contribution is 0.0702. The zero-order valence-corrected chi connectivity index (χ0v) is 17.5. The fourth-order valence-electron chi connectivity index (χ4n) is 3.74. The number of fused-ring (bicyclic) bond motifs is 1. The number of aryl methyl sites for hydroxylation is 1. The second kappa shape index (κ2) is 7.45. The van der Waals surface area contributed by atoms with Crippen molar-refractivity contribution in [2.45, 2.75) is 13.0 Å². The van der Waals surface area contributed by atoms with Crippen LogP contribution in [-0.2, 0) is 0 Å². The summed E-state index contributed by atoms with van der Waals surface area (Å²) in [5.74, 6) is 1.01. The molecule has 0 spiro atoms. The fourth-order valence-corrected chi connectivity index (χ4v) is 3.74. The number of para-hydroxylation sites is 1. The molecule has 0 unspecified atom stereocenters. The molecule has 4 aromatic rings. The zero-order chi connectivity index (χ0) is 22.4. The second-order valence-electron chi connectivity index (χ2n) is 7.67. The molecule has 0 bridgehead atoms. The first-order chi connectivity index (χ1) is 15.4. The maximum absolute atomic E-state index is 13.1. The summed E-state index contributed by atoms with van der Waals surface area (Å²) in [5, 5.41) is 12.6. The van der Waals surface area contributed by atoms with Crippen molar-refractivity contribution in [2.24, 2.45) is 0 Å². The van der Waals surface area contributed by atoms with Gasteiger partial charge >= 0.3 is 5.69 Å². The smallest absolute Gasteiger partial charge is 0.333 e. The van der Waals surface area contributed by atoms with Crippen LogP contribution in [0.5, 0.6) is 0 Å². The van der Waals surface area contributed by atoms with Crippen molar-refractivity contribution >= 4 is 17.4 Å². The van der Waals surface area contributed by atoms with E-state index in [0.717, 1.165) is 10.4 Å². The van der Waals surface area contributed by atoms with Crippen molar-refractivity contribution in [1.82, 2.24) is 34.3 Å². The number of nitrogens with one attached hydrogen (secondary N) is 1. The van der Waals surface area contributed by atoms with Crippen molar-refractivity contribution in [2.75, 3.05) is 25.0 Å². The quantitative estimate of drug-likeness (QED) is 0.490. The molecule has 1 amide bonds. The summed E-state index contributed by atoms with van der Waals surface area (Å²) in [6.45, 7) is 2.96. The van der Waals surface area contributed by atoms with Gasteiger partial charge in [0.25, 0.3) is 11.5 Å². The van der Waals surface area contributed by atoms with Gasteiger partial charge in [-0.25, -0.2) is 9.36 Å². The third-order valence-corrected chi connectivity index (χ3v) is 5.68. The lowest BCUT2D eigenvalue weighted by atomic mass is 10.1. The van der Waals surface area contributed by atoms with E-state index >= 15 is 0 Å². The Morgan fingerprint density at radius 3 is 2.59 bits per heavy atom. The van der Waals surface area contributed by atoms with Crippen LogP contribution < -0.4 is 16.1 Å². The van der Waals surface area contributed by atoms with E-state index in [1.165, 1.54) is 11.1 Å². The highest BCUT2D eigenvalue weighted by molar-refractivity contribution is 5.93. The lowest BCUT2D eigenvalue weighted by Crippen LogP contribution is -2.60. The topological polar surface area (TPSA) is 121 Å². The number of amides is 1. The van der Waals surface area contributed by atoms with Gasteiger partial charge in [-0.1, -0.05) is 18.2 Å². The number of carbonyl (C=O) groups excluding carboxylic acids is 1. The van der Waals surface area contributed by atoms with Crippen LogP contribution in [0.15, 0.2) is 58.3 Å². The average molecular weight is 432 g/mol. The van der Waals surface area contributed by atoms with Crippen LogP contribution in [0.4, 0.5) is 5.82 Å². The third-order valence-electron chi connectivity index (χ3n) is 5.68. The molecule has 0 atom stereocenters. The maximum Gasteiger partial charge on any atom is 0.333 e. The highest BCUT2D eigenvalue weighted by atomic mass is 16.2. The van der Waals surface area contributed by atoms with Gasteiger partial charge in [0.05, 0.1) is 11.7 Å². The number of hydrogen-bond acceptors (Lipinski definition) is 7. The first-order valence-electron chi connectivity index (χ1n) is 10.1. The minimum atomic E-state index is -0.650. The van der Waals surface area contributed by atoms with Crippen LogP contribution in [-0.4, -0.2) is 66.3 Å². The standard InChI is InChI=1S/C21H20N8O3/c1-13-23-24-17-8-9-18(25-29(13)17)27-11-15(12-27)26(2)19(30)16-10-22-21(32)28(20(16)31)14-6-4-3-5-7-14/h3-10,15H,11-12H2,1-2H3,(H,22,32). The number of benzene rings is 1. The number of H-pyrrole nitrogens is 1. The molecule has 4 heterocycles. The van der Waals surface area contributed by atoms with Gasteiger partial charge in [-0.3, -0.25) is 9.59 Å². The van der Waals surface area contributed by atoms with Gasteiger partial charge < -0.3 is 14.8 Å². The molecular formula is C21H20N8O3. The monoisotopic (exact) mass is 432 g/mol. The molecule has 1 N–H and O–H groups in total. The summed E-state index contributed by atoms with van der Waals surface area (Å²) in [4.78, 5) is 44.3. The SMILES string of the molecule is Cc1nnc2ccc(N3CC(N(C)C(=O)c4c[nH]c(=O)n(-c5ccccc5)c4=O)C3)nn12. The second-order valence-corrected chi connectivity index (χ2v) is 7.67. The Morgan fingerprint density at radius 1 is 1.09 bits per heavy atom. The van der Waals surface area contributed by atoms with Crippen LogP contribution in [0, 0.1) is 6.92 Å². The number of anilines is 1. The molecule has 162 valence electrons. The normalized spacial score (nSPS) is 13.9.